The van der Waals surface area contributed by atoms with Crippen LogP contribution in [0.3, 0.4) is 0 Å². The molecule has 0 aliphatic heterocycles. The zero-order valence-electron chi connectivity index (χ0n) is 12.8. The van der Waals surface area contributed by atoms with Gasteiger partial charge in [-0.25, -0.2) is 0 Å². The molecule has 120 valence electrons. The Hall–Kier alpha value is -2.03. The van der Waals surface area contributed by atoms with Gasteiger partial charge in [0.15, 0.2) is 5.78 Å². The first-order valence-electron chi connectivity index (χ1n) is 7.44. The number of carbonyl (C=O) groups excluding carboxylic acids is 2. The Labute approximate surface area is 138 Å². The predicted octanol–water partition coefficient (Wildman–Crippen LogP) is 2.09. The van der Waals surface area contributed by atoms with Crippen LogP contribution in [0.25, 0.3) is 0 Å². The topological polar surface area (TPSA) is 55.4 Å². The Kier molecular flexibility index (Phi) is 6.92. The fourth-order valence-electron chi connectivity index (χ4n) is 1.97. The van der Waals surface area contributed by atoms with Crippen molar-refractivity contribution in [3.05, 3.63) is 65.7 Å². The molecule has 0 amide bonds. The van der Waals surface area contributed by atoms with Gasteiger partial charge in [-0.05, 0) is 10.9 Å². The summed E-state index contributed by atoms with van der Waals surface area (Å²) in [5.74, 6) is -0.267. The molecule has 0 aliphatic carbocycles. The van der Waals surface area contributed by atoms with Gasteiger partial charge in [-0.3, -0.25) is 9.59 Å². The molecular weight excluding hydrogens is 309 g/mol. The van der Waals surface area contributed by atoms with Crippen molar-refractivity contribution in [1.29, 1.82) is 0 Å². The minimum atomic E-state index is -0.278. The molecule has 2 aromatic rings. The van der Waals surface area contributed by atoms with Crippen LogP contribution in [-0.2, 0) is 16.1 Å². The summed E-state index contributed by atoms with van der Waals surface area (Å²) in [6.07, 6.45) is 0.240. The Morgan fingerprint density at radius 3 is 2.39 bits per heavy atom. The number of rotatable bonds is 8. The lowest BCUT2D eigenvalue weighted by molar-refractivity contribution is -0.144. The van der Waals surface area contributed by atoms with Crippen molar-refractivity contribution < 1.29 is 14.3 Å². The minimum absolute atomic E-state index is 0.0106. The molecule has 4 nitrogen and oxygen atoms in total. The zero-order valence-corrected chi connectivity index (χ0v) is 14.0. The van der Waals surface area contributed by atoms with Gasteiger partial charge in [0.05, 0.1) is 13.0 Å². The maximum atomic E-state index is 11.8. The first-order valence-corrected chi connectivity index (χ1v) is 8.02. The average Bonchev–Trinajstić information content (AvgIpc) is 2.59. The second kappa shape index (κ2) is 9.19. The third-order valence-corrected chi connectivity index (χ3v) is 3.65. The van der Waals surface area contributed by atoms with Crippen molar-refractivity contribution in [2.24, 2.45) is 0 Å². The van der Waals surface area contributed by atoms with Gasteiger partial charge in [0.25, 0.3) is 0 Å². The van der Waals surface area contributed by atoms with Crippen LogP contribution in [0.2, 0.25) is 0 Å². The Balaban J connectivity index is 1.61. The maximum absolute atomic E-state index is 11.8. The number of esters is 1. The van der Waals surface area contributed by atoms with E-state index in [9.17, 15) is 9.59 Å². The minimum Gasteiger partial charge on any atom is -0.461 e. The van der Waals surface area contributed by atoms with Crippen LogP contribution in [-0.4, -0.2) is 24.8 Å². The second-order valence-corrected chi connectivity index (χ2v) is 5.78. The molecule has 0 fully saturated rings. The van der Waals surface area contributed by atoms with Crippen molar-refractivity contribution in [3.63, 3.8) is 0 Å². The summed E-state index contributed by atoms with van der Waals surface area (Å²) in [5.41, 5.74) is 1.62. The normalized spacial score (nSPS) is 10.3. The number of carbonyl (C=O) groups is 2. The predicted molar refractivity (Wildman–Crippen MR) is 93.8 cm³/mol. The summed E-state index contributed by atoms with van der Waals surface area (Å²) < 4.78 is 5.19. The summed E-state index contributed by atoms with van der Waals surface area (Å²) in [6.45, 7) is 0.904. The molecule has 5 heteroatoms. The molecule has 1 N–H and O–H groups in total. The number of hydrogen-bond acceptors (Lipinski definition) is 4. The molecular formula is C18H20NO3P. The molecule has 0 saturated heterocycles. The van der Waals surface area contributed by atoms with E-state index in [2.05, 4.69) is 14.6 Å². The van der Waals surface area contributed by atoms with Gasteiger partial charge >= 0.3 is 5.97 Å². The number of ketones is 1. The number of hydrogen-bond donors (Lipinski definition) is 1. The fourth-order valence-corrected chi connectivity index (χ4v) is 2.16. The highest BCUT2D eigenvalue weighted by atomic mass is 31.0. The highest BCUT2D eigenvalue weighted by Crippen LogP contribution is 2.02. The lowest BCUT2D eigenvalue weighted by atomic mass is 10.1. The van der Waals surface area contributed by atoms with Gasteiger partial charge < -0.3 is 10.1 Å². The molecule has 2 aromatic carbocycles. The van der Waals surface area contributed by atoms with E-state index >= 15 is 0 Å². The molecule has 0 saturated carbocycles. The van der Waals surface area contributed by atoms with Crippen LogP contribution in [0, 0.1) is 0 Å². The van der Waals surface area contributed by atoms with Gasteiger partial charge in [0, 0.05) is 12.1 Å². The standard InChI is InChI=1S/C18H20NO3P/c20-17(15-4-2-1-3-5-15)12-19-11-10-18(21)22-13-14-6-8-16(23)9-7-14/h1-9,19H,10-13,23H2. The van der Waals surface area contributed by atoms with Crippen molar-refractivity contribution in [2.75, 3.05) is 13.1 Å². The lowest BCUT2D eigenvalue weighted by Gasteiger charge is -2.06. The third-order valence-electron chi connectivity index (χ3n) is 3.27. The molecule has 2 rings (SSSR count). The van der Waals surface area contributed by atoms with Gasteiger partial charge in [0.2, 0.25) is 0 Å². The summed E-state index contributed by atoms with van der Waals surface area (Å²) in [4.78, 5) is 23.5. The van der Waals surface area contributed by atoms with Gasteiger partial charge in [-0.2, -0.15) is 0 Å². The van der Waals surface area contributed by atoms with E-state index in [-0.39, 0.29) is 31.3 Å². The quantitative estimate of drug-likeness (QED) is 0.349. The van der Waals surface area contributed by atoms with Crippen LogP contribution in [0.4, 0.5) is 0 Å². The fraction of sp³-hybridized carbons (Fsp3) is 0.222. The van der Waals surface area contributed by atoms with Crippen LogP contribution >= 0.6 is 9.24 Å². The molecule has 0 spiro atoms. The molecule has 0 heterocycles. The van der Waals surface area contributed by atoms with Crippen molar-refractivity contribution in [2.45, 2.75) is 13.0 Å². The van der Waals surface area contributed by atoms with Gasteiger partial charge in [-0.1, -0.05) is 54.6 Å². The van der Waals surface area contributed by atoms with E-state index in [1.807, 2.05) is 42.5 Å². The van der Waals surface area contributed by atoms with E-state index < -0.39 is 0 Å². The van der Waals surface area contributed by atoms with E-state index in [0.29, 0.717) is 12.1 Å². The second-order valence-electron chi connectivity index (χ2n) is 5.12. The molecule has 0 bridgehead atoms. The van der Waals surface area contributed by atoms with Crippen LogP contribution in [0.15, 0.2) is 54.6 Å². The highest BCUT2D eigenvalue weighted by molar-refractivity contribution is 7.27. The van der Waals surface area contributed by atoms with Crippen LogP contribution in [0.1, 0.15) is 22.3 Å². The lowest BCUT2D eigenvalue weighted by Crippen LogP contribution is -2.26. The third kappa shape index (κ3) is 6.31. The van der Waals surface area contributed by atoms with Crippen molar-refractivity contribution in [3.8, 4) is 0 Å². The average molecular weight is 329 g/mol. The Bertz CT molecular complexity index is 641. The molecule has 0 aliphatic rings. The largest absolute Gasteiger partial charge is 0.461 e. The maximum Gasteiger partial charge on any atom is 0.307 e. The highest BCUT2D eigenvalue weighted by Gasteiger charge is 2.06. The number of nitrogens with one attached hydrogen (secondary N) is 1. The van der Waals surface area contributed by atoms with Crippen molar-refractivity contribution in [1.82, 2.24) is 5.32 Å². The Morgan fingerprint density at radius 2 is 1.70 bits per heavy atom. The summed E-state index contributed by atoms with van der Waals surface area (Å²) in [7, 11) is 2.61. The van der Waals surface area contributed by atoms with Crippen LogP contribution in [0.5, 0.6) is 0 Å². The van der Waals surface area contributed by atoms with E-state index in [4.69, 9.17) is 4.74 Å². The summed E-state index contributed by atoms with van der Waals surface area (Å²) in [5, 5.41) is 4.06. The van der Waals surface area contributed by atoms with E-state index in [1.165, 1.54) is 0 Å². The number of Topliss-reactive ketones (excluding diaryl/α,β-unsaturated/α-hetero) is 1. The van der Waals surface area contributed by atoms with Crippen LogP contribution < -0.4 is 10.6 Å². The van der Waals surface area contributed by atoms with Gasteiger partial charge in [-0.15, -0.1) is 9.24 Å². The van der Waals surface area contributed by atoms with Gasteiger partial charge in [0.1, 0.15) is 6.61 Å². The first-order chi connectivity index (χ1) is 11.1. The van der Waals surface area contributed by atoms with Crippen molar-refractivity contribution >= 4 is 26.3 Å². The van der Waals surface area contributed by atoms with E-state index in [0.717, 1.165) is 10.9 Å². The number of benzene rings is 2. The summed E-state index contributed by atoms with van der Waals surface area (Å²) in [6, 6.07) is 16.8. The molecule has 0 radical (unpaired) electrons. The smallest absolute Gasteiger partial charge is 0.307 e. The molecule has 1 unspecified atom stereocenters. The SMILES string of the molecule is O=C(CCNCC(=O)c1ccccc1)OCc1ccc(P)cc1. The Morgan fingerprint density at radius 1 is 1.00 bits per heavy atom. The first kappa shape index (κ1) is 17.3. The number of ether oxygens (including phenoxy) is 1. The zero-order chi connectivity index (χ0) is 16.5. The van der Waals surface area contributed by atoms with E-state index in [1.54, 1.807) is 12.1 Å². The molecule has 23 heavy (non-hydrogen) atoms. The molecule has 0 aromatic heterocycles. The molecule has 1 atom stereocenters. The summed E-state index contributed by atoms with van der Waals surface area (Å²) >= 11 is 0. The monoisotopic (exact) mass is 329 g/mol.